The third-order valence-corrected chi connectivity index (χ3v) is 4.18. The van der Waals surface area contributed by atoms with Crippen molar-refractivity contribution in [3.8, 4) is 5.75 Å². The van der Waals surface area contributed by atoms with E-state index >= 15 is 0 Å². The minimum Gasteiger partial charge on any atom is -0.496 e. The van der Waals surface area contributed by atoms with Crippen molar-refractivity contribution < 1.29 is 9.84 Å². The number of hydrogen-bond acceptors (Lipinski definition) is 3. The summed E-state index contributed by atoms with van der Waals surface area (Å²) in [6.07, 6.45) is -0.611. The number of thiophene rings is 1. The molecule has 19 heavy (non-hydrogen) atoms. The Morgan fingerprint density at radius 2 is 1.89 bits per heavy atom. The van der Waals surface area contributed by atoms with Crippen LogP contribution in [0.2, 0.25) is 0 Å². The fourth-order valence-corrected chi connectivity index (χ4v) is 3.08. The summed E-state index contributed by atoms with van der Waals surface area (Å²) in [6.45, 7) is 0. The molecule has 3 heteroatoms. The first-order valence-electron chi connectivity index (χ1n) is 6.08. The summed E-state index contributed by atoms with van der Waals surface area (Å²) in [5.74, 6) is 0.791. The highest BCUT2D eigenvalue weighted by molar-refractivity contribution is 7.10. The molecule has 3 aromatic rings. The summed E-state index contributed by atoms with van der Waals surface area (Å²) in [4.78, 5) is 0.896. The number of methoxy groups -OCH3 is 1. The van der Waals surface area contributed by atoms with E-state index in [-0.39, 0.29) is 0 Å². The van der Waals surface area contributed by atoms with Crippen LogP contribution in [0.15, 0.2) is 53.9 Å². The molecule has 0 amide bonds. The van der Waals surface area contributed by atoms with E-state index in [4.69, 9.17) is 4.74 Å². The average Bonchev–Trinajstić information content (AvgIpc) is 2.95. The van der Waals surface area contributed by atoms with Crippen molar-refractivity contribution in [2.75, 3.05) is 7.11 Å². The van der Waals surface area contributed by atoms with Crippen molar-refractivity contribution in [3.05, 3.63) is 64.4 Å². The maximum atomic E-state index is 10.6. The zero-order chi connectivity index (χ0) is 13.2. The highest BCUT2D eigenvalue weighted by atomic mass is 32.1. The Labute approximate surface area is 115 Å². The van der Waals surface area contributed by atoms with Gasteiger partial charge in [-0.25, -0.2) is 0 Å². The average molecular weight is 270 g/mol. The van der Waals surface area contributed by atoms with E-state index in [0.29, 0.717) is 0 Å². The number of aliphatic hydroxyl groups is 1. The molecule has 0 saturated heterocycles. The highest BCUT2D eigenvalue weighted by Crippen LogP contribution is 2.34. The van der Waals surface area contributed by atoms with Crippen LogP contribution in [0.3, 0.4) is 0 Å². The summed E-state index contributed by atoms with van der Waals surface area (Å²) in [5, 5.41) is 14.7. The molecular weight excluding hydrogens is 256 g/mol. The third-order valence-electron chi connectivity index (χ3n) is 3.22. The fraction of sp³-hybridized carbons (Fsp3) is 0.125. The lowest BCUT2D eigenvalue weighted by Crippen LogP contribution is -1.98. The van der Waals surface area contributed by atoms with Gasteiger partial charge in [0.1, 0.15) is 11.9 Å². The molecule has 2 nitrogen and oxygen atoms in total. The van der Waals surface area contributed by atoms with Gasteiger partial charge in [-0.05, 0) is 22.4 Å². The molecule has 0 bridgehead atoms. The summed E-state index contributed by atoms with van der Waals surface area (Å²) < 4.78 is 5.17. The predicted molar refractivity (Wildman–Crippen MR) is 78.9 cm³/mol. The van der Waals surface area contributed by atoms with Crippen molar-refractivity contribution >= 4 is 22.1 Å². The normalized spacial score (nSPS) is 12.5. The number of aliphatic hydroxyl groups excluding tert-OH is 1. The second kappa shape index (κ2) is 5.03. The minimum absolute atomic E-state index is 0.611. The number of benzene rings is 2. The lowest BCUT2D eigenvalue weighted by Gasteiger charge is -2.12. The van der Waals surface area contributed by atoms with E-state index in [9.17, 15) is 5.11 Å². The van der Waals surface area contributed by atoms with Crippen LogP contribution in [0, 0.1) is 0 Å². The standard InChI is InChI=1S/C16H14O2S/c1-18-12-9-15(19-10-12)16(17)14-8-4-6-11-5-2-3-7-13(11)14/h2-10,16-17H,1H3. The van der Waals surface area contributed by atoms with Crippen molar-refractivity contribution in [1.82, 2.24) is 0 Å². The van der Waals surface area contributed by atoms with Gasteiger partial charge in [0.25, 0.3) is 0 Å². The second-order valence-corrected chi connectivity index (χ2v) is 5.30. The van der Waals surface area contributed by atoms with E-state index in [1.165, 1.54) is 11.3 Å². The second-order valence-electron chi connectivity index (χ2n) is 4.36. The van der Waals surface area contributed by atoms with Gasteiger partial charge >= 0.3 is 0 Å². The fourth-order valence-electron chi connectivity index (χ4n) is 2.23. The van der Waals surface area contributed by atoms with Crippen molar-refractivity contribution in [1.29, 1.82) is 0 Å². The number of ether oxygens (including phenoxy) is 1. The summed E-state index contributed by atoms with van der Waals surface area (Å²) >= 11 is 1.51. The Morgan fingerprint density at radius 3 is 2.68 bits per heavy atom. The van der Waals surface area contributed by atoms with Crippen LogP contribution in [-0.2, 0) is 0 Å². The first-order valence-corrected chi connectivity index (χ1v) is 6.95. The van der Waals surface area contributed by atoms with Crippen LogP contribution in [-0.4, -0.2) is 12.2 Å². The Morgan fingerprint density at radius 1 is 1.11 bits per heavy atom. The Bertz CT molecular complexity index is 697. The van der Waals surface area contributed by atoms with Gasteiger partial charge in [0.2, 0.25) is 0 Å². The molecule has 2 aromatic carbocycles. The van der Waals surface area contributed by atoms with Crippen LogP contribution >= 0.6 is 11.3 Å². The van der Waals surface area contributed by atoms with Crippen molar-refractivity contribution in [3.63, 3.8) is 0 Å². The van der Waals surface area contributed by atoms with E-state index in [2.05, 4.69) is 12.1 Å². The van der Waals surface area contributed by atoms with Gasteiger partial charge in [-0.15, -0.1) is 11.3 Å². The molecule has 0 aliphatic carbocycles. The smallest absolute Gasteiger partial charge is 0.129 e. The molecular formula is C16H14O2S. The molecule has 0 fully saturated rings. The molecule has 0 aliphatic heterocycles. The van der Waals surface area contributed by atoms with Gasteiger partial charge < -0.3 is 9.84 Å². The van der Waals surface area contributed by atoms with E-state index in [1.807, 2.05) is 41.8 Å². The first kappa shape index (κ1) is 12.2. The van der Waals surface area contributed by atoms with Crippen LogP contribution in [0.1, 0.15) is 16.5 Å². The van der Waals surface area contributed by atoms with Crippen LogP contribution < -0.4 is 4.74 Å². The first-order chi connectivity index (χ1) is 9.29. The SMILES string of the molecule is COc1csc(C(O)c2cccc3ccccc23)c1. The lowest BCUT2D eigenvalue weighted by atomic mass is 10.00. The molecule has 1 N–H and O–H groups in total. The quantitative estimate of drug-likeness (QED) is 0.779. The monoisotopic (exact) mass is 270 g/mol. The molecule has 0 spiro atoms. The summed E-state index contributed by atoms with van der Waals surface area (Å²) in [7, 11) is 1.64. The van der Waals surface area contributed by atoms with Crippen LogP contribution in [0.4, 0.5) is 0 Å². The molecule has 1 heterocycles. The van der Waals surface area contributed by atoms with Gasteiger partial charge in [-0.2, -0.15) is 0 Å². The van der Waals surface area contributed by atoms with Gasteiger partial charge in [0, 0.05) is 10.3 Å². The molecule has 96 valence electrons. The van der Waals surface area contributed by atoms with Gasteiger partial charge in [-0.1, -0.05) is 42.5 Å². The van der Waals surface area contributed by atoms with Crippen molar-refractivity contribution in [2.45, 2.75) is 6.10 Å². The number of fused-ring (bicyclic) bond motifs is 1. The molecule has 0 aliphatic rings. The highest BCUT2D eigenvalue weighted by Gasteiger charge is 2.15. The molecule has 1 unspecified atom stereocenters. The summed E-state index contributed by atoms with van der Waals surface area (Å²) in [6, 6.07) is 16.0. The third kappa shape index (κ3) is 2.23. The molecule has 0 saturated carbocycles. The van der Waals surface area contributed by atoms with Crippen molar-refractivity contribution in [2.24, 2.45) is 0 Å². The maximum absolute atomic E-state index is 10.6. The van der Waals surface area contributed by atoms with E-state index in [1.54, 1.807) is 7.11 Å². The number of rotatable bonds is 3. The largest absolute Gasteiger partial charge is 0.496 e. The van der Waals surface area contributed by atoms with Gasteiger partial charge in [0.05, 0.1) is 7.11 Å². The Kier molecular flexibility index (Phi) is 3.23. The minimum atomic E-state index is -0.611. The maximum Gasteiger partial charge on any atom is 0.129 e. The van der Waals surface area contributed by atoms with E-state index in [0.717, 1.165) is 27.0 Å². The van der Waals surface area contributed by atoms with E-state index < -0.39 is 6.10 Å². The van der Waals surface area contributed by atoms with Gasteiger partial charge in [-0.3, -0.25) is 0 Å². The molecule has 1 aromatic heterocycles. The topological polar surface area (TPSA) is 29.5 Å². The zero-order valence-electron chi connectivity index (χ0n) is 10.5. The Balaban J connectivity index is 2.08. The lowest BCUT2D eigenvalue weighted by molar-refractivity contribution is 0.225. The Hall–Kier alpha value is -1.84. The number of hydrogen-bond donors (Lipinski definition) is 1. The zero-order valence-corrected chi connectivity index (χ0v) is 11.4. The van der Waals surface area contributed by atoms with Gasteiger partial charge in [0.15, 0.2) is 0 Å². The molecule has 3 rings (SSSR count). The van der Waals surface area contributed by atoms with Crippen LogP contribution in [0.25, 0.3) is 10.8 Å². The predicted octanol–water partition coefficient (Wildman–Crippen LogP) is 3.99. The molecule has 0 radical (unpaired) electrons. The molecule has 1 atom stereocenters. The van der Waals surface area contributed by atoms with Crippen LogP contribution in [0.5, 0.6) is 5.75 Å². The summed E-state index contributed by atoms with van der Waals surface area (Å²) in [5.41, 5.74) is 0.933.